The largest absolute Gasteiger partial charge is 0.388 e. The number of pyridine rings is 1. The van der Waals surface area contributed by atoms with Crippen LogP contribution in [0.15, 0.2) is 18.5 Å². The molecule has 1 atom stereocenters. The lowest BCUT2D eigenvalue weighted by molar-refractivity contribution is 0.171. The first-order chi connectivity index (χ1) is 8.50. The van der Waals surface area contributed by atoms with E-state index in [-0.39, 0.29) is 12.0 Å². The average Bonchev–Trinajstić information content (AvgIpc) is 2.56. The Hall–Kier alpha value is -1.46. The molecule has 0 bridgehead atoms. The van der Waals surface area contributed by atoms with Gasteiger partial charge in [0.05, 0.1) is 28.7 Å². The molecule has 0 spiro atoms. The van der Waals surface area contributed by atoms with Gasteiger partial charge in [-0.15, -0.1) is 0 Å². The highest BCUT2D eigenvalue weighted by atomic mass is 35.5. The minimum absolute atomic E-state index is 0.205. The molecule has 0 aliphatic heterocycles. The molecule has 4 nitrogen and oxygen atoms in total. The van der Waals surface area contributed by atoms with Gasteiger partial charge in [-0.05, 0) is 13.0 Å². The Morgan fingerprint density at radius 1 is 1.56 bits per heavy atom. The molecule has 0 aliphatic rings. The topological polar surface area (TPSA) is 50.9 Å². The second-order valence-electron chi connectivity index (χ2n) is 4.09. The van der Waals surface area contributed by atoms with E-state index in [1.54, 1.807) is 18.7 Å². The molecule has 0 amide bonds. The van der Waals surface area contributed by atoms with E-state index in [4.69, 9.17) is 11.6 Å². The number of nitrogens with zero attached hydrogens (tertiary/aromatic N) is 3. The van der Waals surface area contributed by atoms with Crippen LogP contribution in [-0.4, -0.2) is 19.9 Å². The Morgan fingerprint density at radius 2 is 2.28 bits per heavy atom. The zero-order valence-corrected chi connectivity index (χ0v) is 10.8. The first-order valence-corrected chi connectivity index (χ1v) is 5.84. The average molecular weight is 270 g/mol. The molecule has 6 heteroatoms. The van der Waals surface area contributed by atoms with Crippen molar-refractivity contribution in [2.24, 2.45) is 7.05 Å². The highest BCUT2D eigenvalue weighted by Gasteiger charge is 2.18. The van der Waals surface area contributed by atoms with Crippen LogP contribution in [0.3, 0.4) is 0 Å². The lowest BCUT2D eigenvalue weighted by Crippen LogP contribution is -2.08. The van der Waals surface area contributed by atoms with Gasteiger partial charge in [-0.2, -0.15) is 5.10 Å². The molecule has 2 heterocycles. The van der Waals surface area contributed by atoms with Crippen molar-refractivity contribution in [1.29, 1.82) is 0 Å². The first kappa shape index (κ1) is 13.0. The van der Waals surface area contributed by atoms with Crippen LogP contribution in [-0.2, 0) is 13.5 Å². The molecule has 1 N–H and O–H groups in total. The molecule has 0 saturated carbocycles. The van der Waals surface area contributed by atoms with Crippen molar-refractivity contribution in [2.45, 2.75) is 19.4 Å². The van der Waals surface area contributed by atoms with Gasteiger partial charge < -0.3 is 5.11 Å². The summed E-state index contributed by atoms with van der Waals surface area (Å²) in [4.78, 5) is 3.64. The maximum Gasteiger partial charge on any atom is 0.147 e. The fraction of sp³-hybridized carbons (Fsp3) is 0.333. The summed E-state index contributed by atoms with van der Waals surface area (Å²) in [6.45, 7) is 1.78. The molecular formula is C12H13ClFN3O. The van der Waals surface area contributed by atoms with Crippen molar-refractivity contribution in [3.05, 3.63) is 46.3 Å². The van der Waals surface area contributed by atoms with Crippen LogP contribution in [0.2, 0.25) is 5.02 Å². The fourth-order valence-corrected chi connectivity index (χ4v) is 2.09. The smallest absolute Gasteiger partial charge is 0.147 e. The maximum atomic E-state index is 13.5. The number of hydrogen-bond donors (Lipinski definition) is 1. The predicted molar refractivity (Wildman–Crippen MR) is 65.8 cm³/mol. The van der Waals surface area contributed by atoms with E-state index < -0.39 is 11.9 Å². The summed E-state index contributed by atoms with van der Waals surface area (Å²) < 4.78 is 15.1. The number of hydrogen-bond acceptors (Lipinski definition) is 3. The summed E-state index contributed by atoms with van der Waals surface area (Å²) in [6, 6.07) is 1.46. The second-order valence-corrected chi connectivity index (χ2v) is 4.46. The summed E-state index contributed by atoms with van der Waals surface area (Å²) in [6.07, 6.45) is 1.75. The zero-order chi connectivity index (χ0) is 13.3. The van der Waals surface area contributed by atoms with Gasteiger partial charge in [0.15, 0.2) is 0 Å². The number of halogens is 2. The van der Waals surface area contributed by atoms with Crippen molar-refractivity contribution in [3.63, 3.8) is 0 Å². The minimum atomic E-state index is -0.972. The molecule has 0 aliphatic carbocycles. The highest BCUT2D eigenvalue weighted by molar-refractivity contribution is 6.31. The first-order valence-electron chi connectivity index (χ1n) is 5.46. The van der Waals surface area contributed by atoms with Crippen molar-refractivity contribution < 1.29 is 9.50 Å². The van der Waals surface area contributed by atoms with Crippen LogP contribution in [0.5, 0.6) is 0 Å². The summed E-state index contributed by atoms with van der Waals surface area (Å²) in [5, 5.41) is 14.7. The molecule has 1 unspecified atom stereocenters. The second kappa shape index (κ2) is 5.04. The molecular weight excluding hydrogens is 257 g/mol. The van der Waals surface area contributed by atoms with Crippen LogP contribution in [0.25, 0.3) is 0 Å². The maximum absolute atomic E-state index is 13.5. The summed E-state index contributed by atoms with van der Waals surface area (Å²) >= 11 is 6.08. The number of aryl methyl sites for hydroxylation is 2. The Bertz CT molecular complexity index is 570. The molecule has 18 heavy (non-hydrogen) atoms. The third-order valence-corrected chi connectivity index (χ3v) is 3.30. The minimum Gasteiger partial charge on any atom is -0.388 e. The number of rotatable bonds is 3. The molecule has 96 valence electrons. The van der Waals surface area contributed by atoms with E-state index in [2.05, 4.69) is 10.1 Å². The zero-order valence-electron chi connectivity index (χ0n) is 10.1. The van der Waals surface area contributed by atoms with Crippen molar-refractivity contribution >= 4 is 11.6 Å². The molecule has 0 saturated heterocycles. The van der Waals surface area contributed by atoms with Gasteiger partial charge in [-0.1, -0.05) is 11.6 Å². The van der Waals surface area contributed by atoms with E-state index >= 15 is 0 Å². The van der Waals surface area contributed by atoms with Gasteiger partial charge in [0.1, 0.15) is 5.82 Å². The lowest BCUT2D eigenvalue weighted by Gasteiger charge is -2.12. The molecule has 0 aromatic carbocycles. The standard InChI is InChI=1S/C12H13ClFN3O/c1-7-12(13)10(17(2)16-7)5-11(18)8-3-4-15-6-9(8)14/h3-4,6,11,18H,5H2,1-2H3. The van der Waals surface area contributed by atoms with Crippen LogP contribution < -0.4 is 0 Å². The highest BCUT2D eigenvalue weighted by Crippen LogP contribution is 2.26. The van der Waals surface area contributed by atoms with Gasteiger partial charge in [-0.25, -0.2) is 4.39 Å². The van der Waals surface area contributed by atoms with E-state index in [9.17, 15) is 9.50 Å². The normalized spacial score (nSPS) is 12.7. The van der Waals surface area contributed by atoms with Crippen molar-refractivity contribution in [2.75, 3.05) is 0 Å². The molecule has 0 fully saturated rings. The Morgan fingerprint density at radius 3 is 2.83 bits per heavy atom. The Kier molecular flexibility index (Phi) is 3.63. The lowest BCUT2D eigenvalue weighted by atomic mass is 10.1. The number of aliphatic hydroxyl groups is 1. The van der Waals surface area contributed by atoms with E-state index in [0.29, 0.717) is 16.4 Å². The van der Waals surface area contributed by atoms with Crippen LogP contribution in [0.4, 0.5) is 4.39 Å². The summed E-state index contributed by atoms with van der Waals surface area (Å²) in [7, 11) is 1.74. The van der Waals surface area contributed by atoms with E-state index in [1.165, 1.54) is 12.3 Å². The Balaban J connectivity index is 2.27. The monoisotopic (exact) mass is 269 g/mol. The molecule has 0 radical (unpaired) electrons. The summed E-state index contributed by atoms with van der Waals surface area (Å²) in [5.74, 6) is -0.528. The van der Waals surface area contributed by atoms with Gasteiger partial charge >= 0.3 is 0 Å². The van der Waals surface area contributed by atoms with Crippen LogP contribution in [0.1, 0.15) is 23.1 Å². The number of aliphatic hydroxyl groups excluding tert-OH is 1. The van der Waals surface area contributed by atoms with Gasteiger partial charge in [-0.3, -0.25) is 9.67 Å². The van der Waals surface area contributed by atoms with E-state index in [0.717, 1.165) is 6.20 Å². The Labute approximate surface area is 109 Å². The third-order valence-electron chi connectivity index (χ3n) is 2.81. The van der Waals surface area contributed by atoms with Crippen molar-refractivity contribution in [1.82, 2.24) is 14.8 Å². The third kappa shape index (κ3) is 2.37. The molecule has 2 aromatic heterocycles. The van der Waals surface area contributed by atoms with Crippen molar-refractivity contribution in [3.8, 4) is 0 Å². The fourth-order valence-electron chi connectivity index (χ4n) is 1.85. The van der Waals surface area contributed by atoms with Crippen LogP contribution >= 0.6 is 11.6 Å². The van der Waals surface area contributed by atoms with E-state index in [1.807, 2.05) is 0 Å². The molecule has 2 rings (SSSR count). The van der Waals surface area contributed by atoms with Gasteiger partial charge in [0.25, 0.3) is 0 Å². The predicted octanol–water partition coefficient (Wildman–Crippen LogP) is 2.19. The quantitative estimate of drug-likeness (QED) is 0.929. The summed E-state index contributed by atoms with van der Waals surface area (Å²) in [5.41, 5.74) is 1.58. The number of aromatic nitrogens is 3. The van der Waals surface area contributed by atoms with Gasteiger partial charge in [0.2, 0.25) is 0 Å². The SMILES string of the molecule is Cc1nn(C)c(CC(O)c2ccncc2F)c1Cl. The van der Waals surface area contributed by atoms with Gasteiger partial charge in [0, 0.05) is 25.2 Å². The van der Waals surface area contributed by atoms with Crippen LogP contribution in [0, 0.1) is 12.7 Å². The molecule has 2 aromatic rings.